The third-order valence-corrected chi connectivity index (χ3v) is 3.33. The summed E-state index contributed by atoms with van der Waals surface area (Å²) in [6.45, 7) is 1.96. The molecule has 0 fully saturated rings. The van der Waals surface area contributed by atoms with Crippen LogP contribution in [0.25, 0.3) is 0 Å². The summed E-state index contributed by atoms with van der Waals surface area (Å²) in [6.07, 6.45) is 9.34. The van der Waals surface area contributed by atoms with Crippen LogP contribution in [0.15, 0.2) is 24.4 Å². The number of nitrogens with one attached hydrogen (secondary N) is 1. The summed E-state index contributed by atoms with van der Waals surface area (Å²) in [5.41, 5.74) is 0. The first-order chi connectivity index (χ1) is 6.08. The monoisotopic (exact) mass is 220 g/mol. The minimum Gasteiger partial charge on any atom is -0.293 e. The zero-order valence-corrected chi connectivity index (χ0v) is 9.06. The molecule has 0 radical (unpaired) electrons. The molecule has 1 aliphatic heterocycles. The standard InChI is InChI=1S/C7H12N2O2S2/c1-7(12-2)5-3-4-6-9(7)8-13(10)11/h3-6,8H,1-2H3,(H,10,11). The lowest BCUT2D eigenvalue weighted by Crippen LogP contribution is -2.48. The van der Waals surface area contributed by atoms with Gasteiger partial charge >= 0.3 is 0 Å². The van der Waals surface area contributed by atoms with Gasteiger partial charge in [0.2, 0.25) is 0 Å². The zero-order chi connectivity index (χ0) is 9.90. The zero-order valence-electron chi connectivity index (χ0n) is 7.43. The van der Waals surface area contributed by atoms with Gasteiger partial charge in [0.05, 0.1) is 0 Å². The van der Waals surface area contributed by atoms with E-state index in [1.807, 2.05) is 25.3 Å². The predicted molar refractivity (Wildman–Crippen MR) is 55.9 cm³/mol. The molecule has 0 aromatic rings. The normalized spacial score (nSPS) is 29.3. The van der Waals surface area contributed by atoms with Crippen LogP contribution in [-0.2, 0) is 11.3 Å². The summed E-state index contributed by atoms with van der Waals surface area (Å²) < 4.78 is 19.2. The first-order valence-electron chi connectivity index (χ1n) is 3.66. The summed E-state index contributed by atoms with van der Waals surface area (Å²) >= 11 is -0.456. The Balaban J connectivity index is 2.76. The lowest BCUT2D eigenvalue weighted by atomic mass is 10.2. The van der Waals surface area contributed by atoms with Crippen molar-refractivity contribution in [1.29, 1.82) is 0 Å². The van der Waals surface area contributed by atoms with E-state index in [9.17, 15) is 4.21 Å². The molecule has 0 aliphatic carbocycles. The van der Waals surface area contributed by atoms with E-state index < -0.39 is 11.3 Å². The van der Waals surface area contributed by atoms with E-state index in [1.54, 1.807) is 29.0 Å². The van der Waals surface area contributed by atoms with Crippen LogP contribution in [0.3, 0.4) is 0 Å². The van der Waals surface area contributed by atoms with Gasteiger partial charge in [-0.2, -0.15) is 0 Å². The van der Waals surface area contributed by atoms with Crippen LogP contribution in [0, 0.1) is 0 Å². The van der Waals surface area contributed by atoms with Crippen LogP contribution in [0.4, 0.5) is 0 Å². The molecule has 2 unspecified atom stereocenters. The summed E-state index contributed by atoms with van der Waals surface area (Å²) in [7, 11) is 0. The minimum absolute atomic E-state index is 0.312. The summed E-state index contributed by atoms with van der Waals surface area (Å²) in [4.78, 5) is 2.11. The molecule has 74 valence electrons. The Hall–Kier alpha value is -0.300. The molecular formula is C7H12N2O2S2. The van der Waals surface area contributed by atoms with Crippen LogP contribution < -0.4 is 4.83 Å². The summed E-state index contributed by atoms with van der Waals surface area (Å²) in [5, 5.41) is 1.60. The maximum atomic E-state index is 10.6. The SMILES string of the molecule is CSC1(C)C=CC=CN1NS(=O)O. The number of hydrogen-bond acceptors (Lipinski definition) is 3. The first-order valence-corrected chi connectivity index (χ1v) is 5.99. The fourth-order valence-electron chi connectivity index (χ4n) is 0.970. The van der Waals surface area contributed by atoms with E-state index in [4.69, 9.17) is 4.55 Å². The molecule has 0 saturated heterocycles. The number of hydrazine groups is 1. The van der Waals surface area contributed by atoms with Crippen LogP contribution in [0.2, 0.25) is 0 Å². The van der Waals surface area contributed by atoms with Crippen molar-refractivity contribution in [2.24, 2.45) is 0 Å². The van der Waals surface area contributed by atoms with E-state index in [0.29, 0.717) is 0 Å². The minimum atomic E-state index is -2.03. The maximum absolute atomic E-state index is 10.6. The summed E-state index contributed by atoms with van der Waals surface area (Å²) in [6, 6.07) is 0. The Bertz CT molecular complexity index is 267. The van der Waals surface area contributed by atoms with Crippen molar-refractivity contribution in [2.45, 2.75) is 11.8 Å². The predicted octanol–water partition coefficient (Wildman–Crippen LogP) is 1.09. The number of allylic oxidation sites excluding steroid dienone is 2. The van der Waals surface area contributed by atoms with Gasteiger partial charge < -0.3 is 0 Å². The smallest absolute Gasteiger partial charge is 0.250 e. The number of hydrogen-bond donors (Lipinski definition) is 2. The molecular weight excluding hydrogens is 208 g/mol. The van der Waals surface area contributed by atoms with Crippen LogP contribution in [0.5, 0.6) is 0 Å². The van der Waals surface area contributed by atoms with Gasteiger partial charge in [0, 0.05) is 6.20 Å². The van der Waals surface area contributed by atoms with Crippen molar-refractivity contribution >= 4 is 23.0 Å². The second-order valence-electron chi connectivity index (χ2n) is 2.67. The fourth-order valence-corrected chi connectivity index (χ4v) is 1.96. The Kier molecular flexibility index (Phi) is 3.55. The molecule has 1 aliphatic rings. The van der Waals surface area contributed by atoms with Crippen molar-refractivity contribution in [3.8, 4) is 0 Å². The molecule has 0 saturated carbocycles. The molecule has 1 heterocycles. The third-order valence-electron chi connectivity index (χ3n) is 1.82. The van der Waals surface area contributed by atoms with Crippen molar-refractivity contribution in [1.82, 2.24) is 9.84 Å². The van der Waals surface area contributed by atoms with Crippen LogP contribution in [0.1, 0.15) is 6.92 Å². The van der Waals surface area contributed by atoms with E-state index >= 15 is 0 Å². The third kappa shape index (κ3) is 2.57. The molecule has 0 aromatic carbocycles. The molecule has 0 bridgehead atoms. The highest BCUT2D eigenvalue weighted by atomic mass is 32.2. The molecule has 2 atom stereocenters. The lowest BCUT2D eigenvalue weighted by Gasteiger charge is -2.37. The molecule has 0 spiro atoms. The van der Waals surface area contributed by atoms with Gasteiger partial charge in [-0.25, -0.2) is 4.21 Å². The number of rotatable bonds is 3. The average molecular weight is 220 g/mol. The topological polar surface area (TPSA) is 52.6 Å². The Labute approximate surface area is 84.5 Å². The lowest BCUT2D eigenvalue weighted by molar-refractivity contribution is 0.266. The Morgan fingerprint density at radius 1 is 1.62 bits per heavy atom. The molecule has 6 heteroatoms. The fraction of sp³-hybridized carbons (Fsp3) is 0.429. The van der Waals surface area contributed by atoms with Crippen molar-refractivity contribution in [2.75, 3.05) is 6.26 Å². The molecule has 2 N–H and O–H groups in total. The second kappa shape index (κ2) is 4.28. The maximum Gasteiger partial charge on any atom is 0.250 e. The average Bonchev–Trinajstić information content (AvgIpc) is 2.09. The van der Waals surface area contributed by atoms with Gasteiger partial charge in [0.25, 0.3) is 11.3 Å². The number of nitrogens with zero attached hydrogens (tertiary/aromatic N) is 1. The van der Waals surface area contributed by atoms with Crippen LogP contribution in [-0.4, -0.2) is 24.9 Å². The quantitative estimate of drug-likeness (QED) is 0.699. The van der Waals surface area contributed by atoms with Gasteiger partial charge in [-0.1, -0.05) is 6.08 Å². The van der Waals surface area contributed by atoms with Crippen molar-refractivity contribution in [3.05, 3.63) is 24.4 Å². The molecule has 13 heavy (non-hydrogen) atoms. The molecule has 0 amide bonds. The number of thioether (sulfide) groups is 1. The highest BCUT2D eigenvalue weighted by Gasteiger charge is 2.28. The van der Waals surface area contributed by atoms with E-state index in [1.165, 1.54) is 0 Å². The molecule has 0 aromatic heterocycles. The van der Waals surface area contributed by atoms with E-state index in [2.05, 4.69) is 4.83 Å². The van der Waals surface area contributed by atoms with Gasteiger partial charge in [0.1, 0.15) is 4.87 Å². The molecule has 4 nitrogen and oxygen atoms in total. The van der Waals surface area contributed by atoms with Crippen molar-refractivity contribution < 1.29 is 8.76 Å². The Morgan fingerprint density at radius 3 is 2.85 bits per heavy atom. The van der Waals surface area contributed by atoms with Gasteiger partial charge in [0.15, 0.2) is 0 Å². The summed E-state index contributed by atoms with van der Waals surface area (Å²) in [5.74, 6) is 0. The van der Waals surface area contributed by atoms with Crippen LogP contribution >= 0.6 is 11.8 Å². The van der Waals surface area contributed by atoms with Crippen molar-refractivity contribution in [3.63, 3.8) is 0 Å². The van der Waals surface area contributed by atoms with Gasteiger partial charge in [-0.15, -0.1) is 16.6 Å². The largest absolute Gasteiger partial charge is 0.293 e. The van der Waals surface area contributed by atoms with E-state index in [0.717, 1.165) is 0 Å². The highest BCUT2D eigenvalue weighted by Crippen LogP contribution is 2.29. The van der Waals surface area contributed by atoms with Gasteiger partial charge in [-0.05, 0) is 25.3 Å². The Morgan fingerprint density at radius 2 is 2.31 bits per heavy atom. The van der Waals surface area contributed by atoms with Gasteiger partial charge in [-0.3, -0.25) is 9.56 Å². The molecule has 1 rings (SSSR count). The second-order valence-corrected chi connectivity index (χ2v) is 4.59. The first kappa shape index (κ1) is 10.8. The highest BCUT2D eigenvalue weighted by molar-refractivity contribution is 8.00. The van der Waals surface area contributed by atoms with E-state index in [-0.39, 0.29) is 4.87 Å².